The second-order valence-corrected chi connectivity index (χ2v) is 7.86. The van der Waals surface area contributed by atoms with Gasteiger partial charge in [-0.05, 0) is 70.6 Å². The highest BCUT2D eigenvalue weighted by molar-refractivity contribution is 9.10. The third-order valence-corrected chi connectivity index (χ3v) is 5.53. The first-order valence-electron chi connectivity index (χ1n) is 6.65. The monoisotopic (exact) mass is 362 g/mol. The van der Waals surface area contributed by atoms with E-state index in [0.717, 1.165) is 35.0 Å². The minimum Gasteiger partial charge on any atom is -0.309 e. The van der Waals surface area contributed by atoms with E-state index < -0.39 is 10.0 Å². The van der Waals surface area contributed by atoms with Gasteiger partial charge in [-0.3, -0.25) is 0 Å². The summed E-state index contributed by atoms with van der Waals surface area (Å²) in [7, 11) is 0.609. The molecule has 0 aliphatic rings. The van der Waals surface area contributed by atoms with E-state index in [4.69, 9.17) is 0 Å². The summed E-state index contributed by atoms with van der Waals surface area (Å²) in [5, 5.41) is 0. The lowest BCUT2D eigenvalue weighted by molar-refractivity contribution is 0.394. The Morgan fingerprint density at radius 2 is 1.80 bits per heavy atom. The fraction of sp³-hybridized carbons (Fsp3) is 0.571. The number of aryl methyl sites for hydroxylation is 2. The summed E-state index contributed by atoms with van der Waals surface area (Å²) in [6, 6.07) is 3.55. The van der Waals surface area contributed by atoms with Crippen molar-refractivity contribution in [3.8, 4) is 0 Å². The summed E-state index contributed by atoms with van der Waals surface area (Å²) >= 11 is 3.41. The zero-order valence-corrected chi connectivity index (χ0v) is 14.9. The molecule has 4 nitrogen and oxygen atoms in total. The maximum atomic E-state index is 12.3. The average Bonchev–Trinajstić information content (AvgIpc) is 2.32. The van der Waals surface area contributed by atoms with Crippen LogP contribution in [0.2, 0.25) is 0 Å². The van der Waals surface area contributed by atoms with Crippen LogP contribution < -0.4 is 4.72 Å². The zero-order valence-electron chi connectivity index (χ0n) is 12.5. The third kappa shape index (κ3) is 5.16. The van der Waals surface area contributed by atoms with Crippen molar-refractivity contribution in [2.24, 2.45) is 0 Å². The topological polar surface area (TPSA) is 49.4 Å². The fourth-order valence-corrected chi connectivity index (χ4v) is 3.72. The van der Waals surface area contributed by atoms with Gasteiger partial charge in [0, 0.05) is 11.0 Å². The number of unbranched alkanes of at least 4 members (excludes halogenated alkanes) is 1. The minimum atomic E-state index is -3.42. The van der Waals surface area contributed by atoms with Gasteiger partial charge in [0.2, 0.25) is 10.0 Å². The third-order valence-electron chi connectivity index (χ3n) is 3.07. The van der Waals surface area contributed by atoms with Crippen LogP contribution in [0.4, 0.5) is 0 Å². The Labute approximate surface area is 130 Å². The van der Waals surface area contributed by atoms with Crippen LogP contribution in [-0.4, -0.2) is 40.5 Å². The Balaban J connectivity index is 2.68. The van der Waals surface area contributed by atoms with E-state index in [-0.39, 0.29) is 0 Å². The van der Waals surface area contributed by atoms with Crippen molar-refractivity contribution in [1.29, 1.82) is 0 Å². The van der Waals surface area contributed by atoms with Crippen LogP contribution in [-0.2, 0) is 10.0 Å². The second-order valence-electron chi connectivity index (χ2n) is 5.28. The predicted octanol–water partition coefficient (Wildman–Crippen LogP) is 2.69. The van der Waals surface area contributed by atoms with Gasteiger partial charge in [-0.15, -0.1) is 0 Å². The van der Waals surface area contributed by atoms with Crippen molar-refractivity contribution in [3.05, 3.63) is 27.7 Å². The van der Waals surface area contributed by atoms with Crippen molar-refractivity contribution >= 4 is 26.0 Å². The van der Waals surface area contributed by atoms with Crippen molar-refractivity contribution in [3.63, 3.8) is 0 Å². The fourth-order valence-electron chi connectivity index (χ4n) is 1.88. The molecular formula is C14H23BrN2O2S. The SMILES string of the molecule is Cc1cc(S(=O)(=O)NCCCCN(C)C)c(C)cc1Br. The molecule has 0 aliphatic carbocycles. The Hall–Kier alpha value is -0.430. The van der Waals surface area contributed by atoms with Gasteiger partial charge in [0.25, 0.3) is 0 Å². The van der Waals surface area contributed by atoms with Crippen molar-refractivity contribution in [2.45, 2.75) is 31.6 Å². The number of nitrogens with one attached hydrogen (secondary N) is 1. The molecule has 1 aromatic carbocycles. The highest BCUT2D eigenvalue weighted by Gasteiger charge is 2.17. The molecule has 0 saturated carbocycles. The standard InChI is InChI=1S/C14H23BrN2O2S/c1-11-10-14(12(2)9-13(11)15)20(18,19)16-7-5-6-8-17(3)4/h9-10,16H,5-8H2,1-4H3. The van der Waals surface area contributed by atoms with Gasteiger partial charge in [-0.1, -0.05) is 15.9 Å². The molecule has 0 aromatic heterocycles. The Morgan fingerprint density at radius 1 is 1.15 bits per heavy atom. The molecule has 0 atom stereocenters. The van der Waals surface area contributed by atoms with E-state index in [1.807, 2.05) is 34.0 Å². The van der Waals surface area contributed by atoms with E-state index in [9.17, 15) is 8.42 Å². The molecule has 0 spiro atoms. The summed E-state index contributed by atoms with van der Waals surface area (Å²) in [5.74, 6) is 0. The summed E-state index contributed by atoms with van der Waals surface area (Å²) in [6.45, 7) is 5.15. The summed E-state index contributed by atoms with van der Waals surface area (Å²) in [5.41, 5.74) is 1.67. The van der Waals surface area contributed by atoms with E-state index in [1.54, 1.807) is 6.07 Å². The molecule has 0 radical (unpaired) electrons. The van der Waals surface area contributed by atoms with Crippen molar-refractivity contribution in [1.82, 2.24) is 9.62 Å². The molecule has 1 aromatic rings. The molecule has 0 amide bonds. The maximum absolute atomic E-state index is 12.3. The summed E-state index contributed by atoms with van der Waals surface area (Å²) in [6.07, 6.45) is 1.82. The molecule has 0 heterocycles. The molecule has 0 saturated heterocycles. The lowest BCUT2D eigenvalue weighted by Crippen LogP contribution is -2.26. The van der Waals surface area contributed by atoms with Gasteiger partial charge in [0.15, 0.2) is 0 Å². The van der Waals surface area contributed by atoms with Crippen LogP contribution in [0.3, 0.4) is 0 Å². The maximum Gasteiger partial charge on any atom is 0.240 e. The van der Waals surface area contributed by atoms with Gasteiger partial charge in [-0.25, -0.2) is 13.1 Å². The molecule has 20 heavy (non-hydrogen) atoms. The van der Waals surface area contributed by atoms with Crippen molar-refractivity contribution < 1.29 is 8.42 Å². The number of benzene rings is 1. The average molecular weight is 363 g/mol. The zero-order chi connectivity index (χ0) is 15.3. The lowest BCUT2D eigenvalue weighted by Gasteiger charge is -2.12. The number of halogens is 1. The normalized spacial score (nSPS) is 12.1. The number of hydrogen-bond donors (Lipinski definition) is 1. The number of sulfonamides is 1. The lowest BCUT2D eigenvalue weighted by atomic mass is 10.2. The summed E-state index contributed by atoms with van der Waals surface area (Å²) < 4.78 is 28.2. The highest BCUT2D eigenvalue weighted by atomic mass is 79.9. The molecule has 0 unspecified atom stereocenters. The molecule has 6 heteroatoms. The number of nitrogens with zero attached hydrogens (tertiary/aromatic N) is 1. The Morgan fingerprint density at radius 3 is 2.40 bits per heavy atom. The van der Waals surface area contributed by atoms with Crippen LogP contribution in [0, 0.1) is 13.8 Å². The largest absolute Gasteiger partial charge is 0.309 e. The van der Waals surface area contributed by atoms with Crippen LogP contribution in [0.15, 0.2) is 21.5 Å². The molecule has 1 rings (SSSR count). The van der Waals surface area contributed by atoms with Crippen LogP contribution >= 0.6 is 15.9 Å². The van der Waals surface area contributed by atoms with E-state index in [1.165, 1.54) is 0 Å². The molecular weight excluding hydrogens is 340 g/mol. The van der Waals surface area contributed by atoms with Gasteiger partial charge in [0.1, 0.15) is 0 Å². The van der Waals surface area contributed by atoms with Gasteiger partial charge in [0.05, 0.1) is 4.90 Å². The van der Waals surface area contributed by atoms with Gasteiger partial charge < -0.3 is 4.90 Å². The predicted molar refractivity (Wildman–Crippen MR) is 86.6 cm³/mol. The Bertz CT molecular complexity index is 557. The minimum absolute atomic E-state index is 0.366. The second kappa shape index (κ2) is 7.54. The highest BCUT2D eigenvalue weighted by Crippen LogP contribution is 2.24. The van der Waals surface area contributed by atoms with E-state index in [0.29, 0.717) is 11.4 Å². The molecule has 0 aliphatic heterocycles. The van der Waals surface area contributed by atoms with E-state index >= 15 is 0 Å². The number of hydrogen-bond acceptors (Lipinski definition) is 3. The number of rotatable bonds is 7. The van der Waals surface area contributed by atoms with Crippen molar-refractivity contribution in [2.75, 3.05) is 27.2 Å². The molecule has 0 bridgehead atoms. The van der Waals surface area contributed by atoms with E-state index in [2.05, 4.69) is 25.6 Å². The molecule has 0 fully saturated rings. The van der Waals surface area contributed by atoms with Gasteiger partial charge in [-0.2, -0.15) is 0 Å². The van der Waals surface area contributed by atoms with Crippen LogP contribution in [0.25, 0.3) is 0 Å². The molecule has 114 valence electrons. The first-order valence-corrected chi connectivity index (χ1v) is 8.93. The van der Waals surface area contributed by atoms with Gasteiger partial charge >= 0.3 is 0 Å². The molecule has 1 N–H and O–H groups in total. The quantitative estimate of drug-likeness (QED) is 0.758. The summed E-state index contributed by atoms with van der Waals surface area (Å²) in [4.78, 5) is 2.46. The van der Waals surface area contributed by atoms with Crippen LogP contribution in [0.1, 0.15) is 24.0 Å². The first kappa shape index (κ1) is 17.6. The Kier molecular flexibility index (Phi) is 6.64. The smallest absolute Gasteiger partial charge is 0.240 e. The van der Waals surface area contributed by atoms with Crippen LogP contribution in [0.5, 0.6) is 0 Å². The first-order chi connectivity index (χ1) is 9.24.